The average Bonchev–Trinajstić information content (AvgIpc) is 3.25. The molecule has 0 saturated carbocycles. The minimum atomic E-state index is -0.658. The van der Waals surface area contributed by atoms with Crippen LogP contribution in [-0.4, -0.2) is 25.5 Å². The molecule has 1 atom stereocenters. The number of nitrogens with two attached hydrogens (primary N) is 1. The van der Waals surface area contributed by atoms with Gasteiger partial charge < -0.3 is 24.9 Å². The molecule has 1 unspecified atom stereocenters. The van der Waals surface area contributed by atoms with Crippen molar-refractivity contribution in [3.8, 4) is 11.5 Å². The summed E-state index contributed by atoms with van der Waals surface area (Å²) in [5.74, 6) is -0.122. The van der Waals surface area contributed by atoms with Crippen molar-refractivity contribution in [2.24, 2.45) is 5.73 Å². The highest BCUT2D eigenvalue weighted by Gasteiger charge is 2.22. The summed E-state index contributed by atoms with van der Waals surface area (Å²) >= 11 is 6.24. The zero-order valence-electron chi connectivity index (χ0n) is 15.6. The lowest BCUT2D eigenvalue weighted by Gasteiger charge is -2.18. The molecular formula is C21H19ClN2O5. The van der Waals surface area contributed by atoms with Gasteiger partial charge in [-0.05, 0) is 29.8 Å². The summed E-state index contributed by atoms with van der Waals surface area (Å²) in [4.78, 5) is 23.9. The zero-order valence-corrected chi connectivity index (χ0v) is 16.3. The van der Waals surface area contributed by atoms with Gasteiger partial charge in [0.2, 0.25) is 0 Å². The first-order chi connectivity index (χ1) is 14.0. The number of hydrogen-bond donors (Lipinski definition) is 2. The van der Waals surface area contributed by atoms with Crippen molar-refractivity contribution >= 4 is 23.4 Å². The van der Waals surface area contributed by atoms with Gasteiger partial charge in [0.15, 0.2) is 18.1 Å². The Hall–Kier alpha value is -3.45. The second-order valence-corrected chi connectivity index (χ2v) is 6.48. The molecule has 0 saturated heterocycles. The molecule has 7 nitrogen and oxygen atoms in total. The molecule has 150 valence electrons. The number of nitrogens with one attached hydrogen (secondary N) is 1. The van der Waals surface area contributed by atoms with Gasteiger partial charge in [-0.15, -0.1) is 0 Å². The van der Waals surface area contributed by atoms with E-state index in [-0.39, 0.29) is 28.7 Å². The van der Waals surface area contributed by atoms with Gasteiger partial charge in [0.05, 0.1) is 18.4 Å². The quantitative estimate of drug-likeness (QED) is 0.588. The second kappa shape index (κ2) is 9.16. The number of hydrogen-bond acceptors (Lipinski definition) is 5. The lowest BCUT2D eigenvalue weighted by atomic mass is 10.0. The predicted octanol–water partition coefficient (Wildman–Crippen LogP) is 3.33. The van der Waals surface area contributed by atoms with Crippen LogP contribution in [0, 0.1) is 0 Å². The Balaban J connectivity index is 1.89. The van der Waals surface area contributed by atoms with Crippen LogP contribution in [-0.2, 0) is 4.79 Å². The Bertz CT molecular complexity index is 990. The summed E-state index contributed by atoms with van der Waals surface area (Å²) in [6, 6.07) is 15.4. The van der Waals surface area contributed by atoms with E-state index in [9.17, 15) is 9.59 Å². The molecule has 2 aromatic carbocycles. The molecule has 3 aromatic rings. The normalized spacial score (nSPS) is 11.5. The molecule has 29 heavy (non-hydrogen) atoms. The Morgan fingerprint density at radius 2 is 1.93 bits per heavy atom. The SMILES string of the molecule is COc1cc(C(=O)NC(c2ccccc2)c2ccco2)cc(Cl)c1OCC(N)=O. The lowest BCUT2D eigenvalue weighted by molar-refractivity contribution is -0.119. The van der Waals surface area contributed by atoms with Crippen LogP contribution in [0.2, 0.25) is 5.02 Å². The minimum absolute atomic E-state index is 0.116. The predicted molar refractivity (Wildman–Crippen MR) is 107 cm³/mol. The van der Waals surface area contributed by atoms with Crippen molar-refractivity contribution < 1.29 is 23.5 Å². The van der Waals surface area contributed by atoms with Gasteiger partial charge in [0.25, 0.3) is 11.8 Å². The van der Waals surface area contributed by atoms with Crippen molar-refractivity contribution in [3.05, 3.63) is 82.8 Å². The monoisotopic (exact) mass is 414 g/mol. The molecule has 0 radical (unpaired) electrons. The molecule has 1 aromatic heterocycles. The molecule has 8 heteroatoms. The second-order valence-electron chi connectivity index (χ2n) is 6.08. The van der Waals surface area contributed by atoms with E-state index >= 15 is 0 Å². The molecule has 0 aliphatic carbocycles. The average molecular weight is 415 g/mol. The fourth-order valence-electron chi connectivity index (χ4n) is 2.77. The smallest absolute Gasteiger partial charge is 0.255 e. The zero-order chi connectivity index (χ0) is 20.8. The lowest BCUT2D eigenvalue weighted by Crippen LogP contribution is -2.29. The number of methoxy groups -OCH3 is 1. The van der Waals surface area contributed by atoms with Gasteiger partial charge in [-0.25, -0.2) is 0 Å². The van der Waals surface area contributed by atoms with Crippen LogP contribution in [0.4, 0.5) is 0 Å². The maximum Gasteiger partial charge on any atom is 0.255 e. The van der Waals surface area contributed by atoms with E-state index in [1.54, 1.807) is 18.4 Å². The van der Waals surface area contributed by atoms with E-state index in [1.807, 2.05) is 30.3 Å². The number of rotatable bonds is 8. The Morgan fingerprint density at radius 3 is 2.55 bits per heavy atom. The van der Waals surface area contributed by atoms with Gasteiger partial charge in [0, 0.05) is 5.56 Å². The van der Waals surface area contributed by atoms with E-state index in [1.165, 1.54) is 19.2 Å². The van der Waals surface area contributed by atoms with Crippen LogP contribution >= 0.6 is 11.6 Å². The molecular weight excluding hydrogens is 396 g/mol. The minimum Gasteiger partial charge on any atom is -0.493 e. The highest BCUT2D eigenvalue weighted by atomic mass is 35.5. The maximum atomic E-state index is 12.9. The van der Waals surface area contributed by atoms with Crippen LogP contribution in [0.5, 0.6) is 11.5 Å². The summed E-state index contributed by atoms with van der Waals surface area (Å²) in [6.07, 6.45) is 1.54. The summed E-state index contributed by atoms with van der Waals surface area (Å²) < 4.78 is 16.0. The Morgan fingerprint density at radius 1 is 1.17 bits per heavy atom. The number of benzene rings is 2. The highest BCUT2D eigenvalue weighted by Crippen LogP contribution is 2.36. The number of ether oxygens (including phenoxy) is 2. The molecule has 0 aliphatic rings. The number of amides is 2. The summed E-state index contributed by atoms with van der Waals surface area (Å²) in [6.45, 7) is -0.365. The first kappa shape index (κ1) is 20.3. The Labute approximate surface area is 172 Å². The van der Waals surface area contributed by atoms with Gasteiger partial charge in [-0.3, -0.25) is 9.59 Å². The summed E-state index contributed by atoms with van der Waals surface area (Å²) in [5, 5.41) is 3.05. The maximum absolute atomic E-state index is 12.9. The van der Waals surface area contributed by atoms with Gasteiger partial charge >= 0.3 is 0 Å². The standard InChI is InChI=1S/C21H19ClN2O5/c1-27-17-11-14(10-15(22)20(17)29-12-18(23)25)21(26)24-19(16-8-5-9-28-16)13-6-3-2-4-7-13/h2-11,19H,12H2,1H3,(H2,23,25)(H,24,26). The van der Waals surface area contributed by atoms with Crippen molar-refractivity contribution in [2.75, 3.05) is 13.7 Å². The fourth-order valence-corrected chi connectivity index (χ4v) is 3.03. The number of carbonyl (C=O) groups is 2. The van der Waals surface area contributed by atoms with Crippen molar-refractivity contribution in [2.45, 2.75) is 6.04 Å². The molecule has 0 aliphatic heterocycles. The first-order valence-corrected chi connectivity index (χ1v) is 9.05. The third-order valence-corrected chi connectivity index (χ3v) is 4.37. The number of carbonyl (C=O) groups excluding carboxylic acids is 2. The van der Waals surface area contributed by atoms with Crippen molar-refractivity contribution in [3.63, 3.8) is 0 Å². The van der Waals surface area contributed by atoms with E-state index in [2.05, 4.69) is 5.32 Å². The van der Waals surface area contributed by atoms with Crippen LogP contribution in [0.15, 0.2) is 65.3 Å². The van der Waals surface area contributed by atoms with Crippen molar-refractivity contribution in [1.29, 1.82) is 0 Å². The molecule has 0 fully saturated rings. The molecule has 0 spiro atoms. The van der Waals surface area contributed by atoms with Gasteiger partial charge in [-0.2, -0.15) is 0 Å². The fraction of sp³-hybridized carbons (Fsp3) is 0.143. The molecule has 2 amide bonds. The first-order valence-electron chi connectivity index (χ1n) is 8.67. The third-order valence-electron chi connectivity index (χ3n) is 4.09. The molecule has 3 rings (SSSR count). The van der Waals surface area contributed by atoms with E-state index in [4.69, 9.17) is 31.2 Å². The largest absolute Gasteiger partial charge is 0.493 e. The van der Waals surface area contributed by atoms with E-state index < -0.39 is 17.9 Å². The van der Waals surface area contributed by atoms with E-state index in [0.717, 1.165) is 5.56 Å². The van der Waals surface area contributed by atoms with Gasteiger partial charge in [-0.1, -0.05) is 41.9 Å². The van der Waals surface area contributed by atoms with E-state index in [0.29, 0.717) is 5.76 Å². The Kier molecular flexibility index (Phi) is 6.41. The van der Waals surface area contributed by atoms with Crippen LogP contribution in [0.25, 0.3) is 0 Å². The molecule has 3 N–H and O–H groups in total. The number of furan rings is 1. The van der Waals surface area contributed by atoms with Gasteiger partial charge in [0.1, 0.15) is 11.8 Å². The number of primary amides is 1. The summed E-state index contributed by atoms with van der Waals surface area (Å²) in [7, 11) is 1.40. The van der Waals surface area contributed by atoms with Crippen LogP contribution in [0.1, 0.15) is 27.7 Å². The van der Waals surface area contributed by atoms with Crippen LogP contribution < -0.4 is 20.5 Å². The van der Waals surface area contributed by atoms with Crippen LogP contribution in [0.3, 0.4) is 0 Å². The highest BCUT2D eigenvalue weighted by molar-refractivity contribution is 6.32. The third kappa shape index (κ3) is 4.89. The molecule has 0 bridgehead atoms. The summed E-state index contributed by atoms with van der Waals surface area (Å²) in [5.41, 5.74) is 6.21. The molecule has 1 heterocycles. The number of halogens is 1. The topological polar surface area (TPSA) is 104 Å². The van der Waals surface area contributed by atoms with Crippen molar-refractivity contribution in [1.82, 2.24) is 5.32 Å².